The first-order valence-electron chi connectivity index (χ1n) is 9.95. The van der Waals surface area contributed by atoms with E-state index in [0.717, 1.165) is 27.6 Å². The Bertz CT molecular complexity index is 1110. The van der Waals surface area contributed by atoms with E-state index >= 15 is 0 Å². The van der Waals surface area contributed by atoms with Crippen molar-refractivity contribution in [3.8, 4) is 0 Å². The maximum Gasteiger partial charge on any atom is 0.123 e. The number of aliphatic hydroxyl groups excluding tert-OH is 1. The SMILES string of the molecule is Cc1cnn(Cc2ccc(C(O)c3nn(Cc4ccc(CBr)cc4)cc3C)cc2)c1. The number of alkyl halides is 1. The van der Waals surface area contributed by atoms with E-state index in [1.165, 1.54) is 11.1 Å². The summed E-state index contributed by atoms with van der Waals surface area (Å²) in [4.78, 5) is 0. The molecule has 0 bridgehead atoms. The Kier molecular flexibility index (Phi) is 6.16. The van der Waals surface area contributed by atoms with Crippen molar-refractivity contribution >= 4 is 15.9 Å². The van der Waals surface area contributed by atoms with Gasteiger partial charge in [-0.15, -0.1) is 0 Å². The highest BCUT2D eigenvalue weighted by molar-refractivity contribution is 9.08. The van der Waals surface area contributed by atoms with Gasteiger partial charge in [0.25, 0.3) is 0 Å². The van der Waals surface area contributed by atoms with Gasteiger partial charge in [0.15, 0.2) is 0 Å². The molecule has 2 aromatic heterocycles. The van der Waals surface area contributed by atoms with Crippen LogP contribution >= 0.6 is 15.9 Å². The van der Waals surface area contributed by atoms with Crippen LogP contribution in [0.1, 0.15) is 45.2 Å². The van der Waals surface area contributed by atoms with Gasteiger partial charge in [0.2, 0.25) is 0 Å². The van der Waals surface area contributed by atoms with Crippen LogP contribution in [-0.2, 0) is 18.4 Å². The van der Waals surface area contributed by atoms with Crippen molar-refractivity contribution in [2.75, 3.05) is 0 Å². The second kappa shape index (κ2) is 8.98. The number of aryl methyl sites for hydroxylation is 2. The quantitative estimate of drug-likeness (QED) is 0.400. The van der Waals surface area contributed by atoms with Crippen LogP contribution in [-0.4, -0.2) is 24.7 Å². The van der Waals surface area contributed by atoms with Crippen molar-refractivity contribution in [1.82, 2.24) is 19.6 Å². The summed E-state index contributed by atoms with van der Waals surface area (Å²) in [5.41, 5.74) is 7.23. The maximum absolute atomic E-state index is 10.9. The smallest absolute Gasteiger partial charge is 0.123 e. The average molecular weight is 465 g/mol. The van der Waals surface area contributed by atoms with Gasteiger partial charge < -0.3 is 5.11 Å². The third-order valence-corrected chi connectivity index (χ3v) is 5.81. The van der Waals surface area contributed by atoms with Crippen LogP contribution in [0, 0.1) is 13.8 Å². The number of rotatable bonds is 7. The second-order valence-corrected chi connectivity index (χ2v) is 8.27. The molecule has 2 aromatic carbocycles. The Morgan fingerprint density at radius 3 is 2.07 bits per heavy atom. The topological polar surface area (TPSA) is 55.9 Å². The highest BCUT2D eigenvalue weighted by atomic mass is 79.9. The molecule has 30 heavy (non-hydrogen) atoms. The van der Waals surface area contributed by atoms with Gasteiger partial charge in [-0.05, 0) is 47.2 Å². The first kappa shape index (κ1) is 20.6. The van der Waals surface area contributed by atoms with E-state index in [9.17, 15) is 5.11 Å². The van der Waals surface area contributed by atoms with Gasteiger partial charge in [0.05, 0.1) is 25.0 Å². The predicted octanol–water partition coefficient (Wildman–Crippen LogP) is 4.77. The van der Waals surface area contributed by atoms with E-state index in [1.807, 2.05) is 66.1 Å². The standard InChI is InChI=1S/C24H25BrN4O/c1-17-12-26-28(13-17)15-21-7-9-22(10-8-21)24(30)23-18(2)14-29(27-23)16-20-5-3-19(11-25)4-6-20/h3-10,12-14,24,30H,11,15-16H2,1-2H3. The van der Waals surface area contributed by atoms with Crippen LogP contribution in [0.5, 0.6) is 0 Å². The average Bonchev–Trinajstić information content (AvgIpc) is 3.33. The van der Waals surface area contributed by atoms with Crippen LogP contribution < -0.4 is 0 Å². The Morgan fingerprint density at radius 1 is 0.867 bits per heavy atom. The minimum atomic E-state index is -0.747. The van der Waals surface area contributed by atoms with Gasteiger partial charge in [0.1, 0.15) is 6.10 Å². The zero-order valence-electron chi connectivity index (χ0n) is 17.2. The summed E-state index contributed by atoms with van der Waals surface area (Å²) >= 11 is 3.47. The van der Waals surface area contributed by atoms with E-state index in [-0.39, 0.29) is 0 Å². The largest absolute Gasteiger partial charge is 0.382 e. The molecule has 1 unspecified atom stereocenters. The number of aliphatic hydroxyl groups is 1. The van der Waals surface area contributed by atoms with Crippen molar-refractivity contribution in [1.29, 1.82) is 0 Å². The van der Waals surface area contributed by atoms with Crippen LogP contribution in [0.4, 0.5) is 0 Å². The molecule has 0 aliphatic heterocycles. The van der Waals surface area contributed by atoms with E-state index in [4.69, 9.17) is 0 Å². The molecule has 0 amide bonds. The lowest BCUT2D eigenvalue weighted by Crippen LogP contribution is -2.06. The van der Waals surface area contributed by atoms with Crippen LogP contribution in [0.3, 0.4) is 0 Å². The summed E-state index contributed by atoms with van der Waals surface area (Å²) in [5, 5.41) is 20.7. The zero-order valence-corrected chi connectivity index (χ0v) is 18.7. The number of benzene rings is 2. The zero-order chi connectivity index (χ0) is 21.1. The van der Waals surface area contributed by atoms with Gasteiger partial charge in [-0.25, -0.2) is 0 Å². The molecule has 154 valence electrons. The van der Waals surface area contributed by atoms with E-state index in [1.54, 1.807) is 0 Å². The van der Waals surface area contributed by atoms with Gasteiger partial charge >= 0.3 is 0 Å². The highest BCUT2D eigenvalue weighted by Gasteiger charge is 2.17. The molecule has 0 aliphatic carbocycles. The lowest BCUT2D eigenvalue weighted by Gasteiger charge is -2.11. The van der Waals surface area contributed by atoms with Crippen molar-refractivity contribution in [3.63, 3.8) is 0 Å². The fraction of sp³-hybridized carbons (Fsp3) is 0.250. The number of hydrogen-bond donors (Lipinski definition) is 1. The van der Waals surface area contributed by atoms with Crippen molar-refractivity contribution < 1.29 is 5.11 Å². The summed E-state index contributed by atoms with van der Waals surface area (Å²) in [6.45, 7) is 5.41. The normalized spacial score (nSPS) is 12.3. The molecule has 4 rings (SSSR count). The van der Waals surface area contributed by atoms with Crippen molar-refractivity contribution in [3.05, 3.63) is 106 Å². The number of nitrogens with zero attached hydrogens (tertiary/aromatic N) is 4. The van der Waals surface area contributed by atoms with E-state index < -0.39 is 6.10 Å². The Hall–Kier alpha value is -2.70. The van der Waals surface area contributed by atoms with Crippen molar-refractivity contribution in [2.45, 2.75) is 38.4 Å². The van der Waals surface area contributed by atoms with E-state index in [2.05, 4.69) is 50.4 Å². The van der Waals surface area contributed by atoms with Gasteiger partial charge in [0, 0.05) is 17.7 Å². The van der Waals surface area contributed by atoms with Gasteiger partial charge in [-0.2, -0.15) is 10.2 Å². The molecule has 1 N–H and O–H groups in total. The molecule has 1 atom stereocenters. The lowest BCUT2D eigenvalue weighted by molar-refractivity contribution is 0.213. The molecule has 6 heteroatoms. The minimum absolute atomic E-state index is 0.679. The summed E-state index contributed by atoms with van der Waals surface area (Å²) in [6, 6.07) is 16.5. The second-order valence-electron chi connectivity index (χ2n) is 7.70. The molecule has 0 aliphatic rings. The van der Waals surface area contributed by atoms with Crippen LogP contribution in [0.25, 0.3) is 0 Å². The number of hydrogen-bond acceptors (Lipinski definition) is 3. The third-order valence-electron chi connectivity index (χ3n) is 5.17. The molecule has 4 aromatic rings. The van der Waals surface area contributed by atoms with Crippen LogP contribution in [0.15, 0.2) is 67.1 Å². The summed E-state index contributed by atoms with van der Waals surface area (Å²) in [5.74, 6) is 0. The minimum Gasteiger partial charge on any atom is -0.382 e. The Labute approximate surface area is 185 Å². The fourth-order valence-electron chi connectivity index (χ4n) is 3.51. The van der Waals surface area contributed by atoms with Gasteiger partial charge in [-0.3, -0.25) is 9.36 Å². The molecule has 0 saturated carbocycles. The molecule has 5 nitrogen and oxygen atoms in total. The first-order chi connectivity index (χ1) is 14.5. The van der Waals surface area contributed by atoms with Crippen molar-refractivity contribution in [2.24, 2.45) is 0 Å². The first-order valence-corrected chi connectivity index (χ1v) is 11.1. The van der Waals surface area contributed by atoms with E-state index in [0.29, 0.717) is 18.8 Å². The molecule has 0 fully saturated rings. The summed E-state index contributed by atoms with van der Waals surface area (Å²) < 4.78 is 3.81. The molecule has 2 heterocycles. The maximum atomic E-state index is 10.9. The lowest BCUT2D eigenvalue weighted by atomic mass is 10.0. The molecule has 0 radical (unpaired) electrons. The summed E-state index contributed by atoms with van der Waals surface area (Å²) in [7, 11) is 0. The Balaban J connectivity index is 1.46. The predicted molar refractivity (Wildman–Crippen MR) is 122 cm³/mol. The van der Waals surface area contributed by atoms with Crippen LogP contribution in [0.2, 0.25) is 0 Å². The number of halogens is 1. The molecular weight excluding hydrogens is 440 g/mol. The molecule has 0 spiro atoms. The summed E-state index contributed by atoms with van der Waals surface area (Å²) in [6.07, 6.45) is 5.12. The third kappa shape index (κ3) is 4.71. The Morgan fingerprint density at radius 2 is 1.47 bits per heavy atom. The monoisotopic (exact) mass is 464 g/mol. The van der Waals surface area contributed by atoms with Gasteiger partial charge in [-0.1, -0.05) is 64.5 Å². The number of aromatic nitrogens is 4. The molecule has 0 saturated heterocycles. The molecular formula is C24H25BrN4O. The highest BCUT2D eigenvalue weighted by Crippen LogP contribution is 2.24. The fourth-order valence-corrected chi connectivity index (χ4v) is 3.89.